The quantitative estimate of drug-likeness (QED) is 0.0712. The predicted molar refractivity (Wildman–Crippen MR) is 207 cm³/mol. The maximum atomic E-state index is 13.8. The van der Waals surface area contributed by atoms with Crippen molar-refractivity contribution >= 4 is 63.6 Å². The zero-order valence-electron chi connectivity index (χ0n) is 29.7. The van der Waals surface area contributed by atoms with Gasteiger partial charge in [0.2, 0.25) is 5.91 Å². The number of fused-ring (bicyclic) bond motifs is 1. The number of carbonyl (C=O) groups is 4. The average molecular weight is 742 g/mol. The molecule has 1 aliphatic carbocycles. The van der Waals surface area contributed by atoms with Crippen molar-refractivity contribution in [2.45, 2.75) is 62.0 Å². The number of nitrogens with one attached hydrogen (secondary N) is 3. The van der Waals surface area contributed by atoms with E-state index in [1.807, 2.05) is 13.0 Å². The van der Waals surface area contributed by atoms with Crippen LogP contribution in [0, 0.1) is 0 Å². The molecule has 10 nitrogen and oxygen atoms in total. The van der Waals surface area contributed by atoms with Gasteiger partial charge >= 0.3 is 5.97 Å². The topological polar surface area (TPSA) is 132 Å². The lowest BCUT2D eigenvalue weighted by atomic mass is 9.96. The number of thiophene rings is 1. The minimum Gasteiger partial charge on any atom is -0.497 e. The summed E-state index contributed by atoms with van der Waals surface area (Å²) < 4.78 is 16.0. The third-order valence-corrected chi connectivity index (χ3v) is 11.2. The molecular formula is C40H43N3O7S2. The number of aryl methyl sites for hydroxylation is 1. The number of benzene rings is 3. The van der Waals surface area contributed by atoms with Crippen molar-refractivity contribution in [2.75, 3.05) is 32.0 Å². The number of hydrogen-bond acceptors (Lipinski definition) is 9. The molecule has 0 bridgehead atoms. The summed E-state index contributed by atoms with van der Waals surface area (Å²) in [4.78, 5) is 55.4. The van der Waals surface area contributed by atoms with Crippen molar-refractivity contribution < 1.29 is 33.4 Å². The molecule has 12 heteroatoms. The summed E-state index contributed by atoms with van der Waals surface area (Å²) in [5.41, 5.74) is 2.87. The second-order valence-corrected chi connectivity index (χ2v) is 14.5. The first kappa shape index (κ1) is 38.2. The van der Waals surface area contributed by atoms with Gasteiger partial charge in [0, 0.05) is 32.7 Å². The number of amides is 3. The first-order valence-corrected chi connectivity index (χ1v) is 18.9. The van der Waals surface area contributed by atoms with Gasteiger partial charge in [-0.2, -0.15) is 0 Å². The maximum Gasteiger partial charge on any atom is 0.341 e. The molecule has 1 aromatic heterocycles. The van der Waals surface area contributed by atoms with Gasteiger partial charge in [0.1, 0.15) is 22.2 Å². The van der Waals surface area contributed by atoms with Crippen LogP contribution >= 0.6 is 23.1 Å². The smallest absolute Gasteiger partial charge is 0.341 e. The molecule has 3 N–H and O–H groups in total. The lowest BCUT2D eigenvalue weighted by Gasteiger charge is -2.16. The van der Waals surface area contributed by atoms with E-state index < -0.39 is 23.0 Å². The number of methoxy groups -OCH3 is 3. The summed E-state index contributed by atoms with van der Waals surface area (Å²) in [6.07, 6.45) is 8.04. The Hall–Kier alpha value is -5.07. The second kappa shape index (κ2) is 18.4. The highest BCUT2D eigenvalue weighted by atomic mass is 32.2. The van der Waals surface area contributed by atoms with Gasteiger partial charge < -0.3 is 30.2 Å². The standard InChI is InChI=1S/C40H43N3O7S2/c1-5-33(38(46)43-39-35(40(47)50-4)30-18-11-6-7-12-19-34(30)52-39)51-29-17-13-16-27(23-29)41-37(45)31(42-36(44)25-14-9-8-10-15-25)22-26-20-21-28(48-2)24-32(26)49-3/h8-10,13-17,20-24,33H,5-7,11-12,18-19H2,1-4H3,(H,41,45)(H,42,44)(H,43,46)/b31-22+. The van der Waals surface area contributed by atoms with Crippen LogP contribution in [0.15, 0.2) is 83.4 Å². The highest BCUT2D eigenvalue weighted by Crippen LogP contribution is 2.38. The van der Waals surface area contributed by atoms with Crippen LogP contribution in [0.4, 0.5) is 10.7 Å². The molecule has 1 heterocycles. The normalized spacial score (nSPS) is 13.4. The van der Waals surface area contributed by atoms with E-state index >= 15 is 0 Å². The fourth-order valence-corrected chi connectivity index (χ4v) is 8.18. The molecule has 3 amide bonds. The summed E-state index contributed by atoms with van der Waals surface area (Å²) in [7, 11) is 4.42. The van der Waals surface area contributed by atoms with E-state index in [-0.39, 0.29) is 11.6 Å². The molecule has 3 aromatic carbocycles. The largest absolute Gasteiger partial charge is 0.497 e. The molecule has 1 aliphatic rings. The van der Waals surface area contributed by atoms with Gasteiger partial charge in [-0.1, -0.05) is 44.0 Å². The van der Waals surface area contributed by atoms with E-state index in [4.69, 9.17) is 14.2 Å². The third kappa shape index (κ3) is 9.62. The monoisotopic (exact) mass is 741 g/mol. The van der Waals surface area contributed by atoms with Crippen LogP contribution in [0.2, 0.25) is 0 Å². The molecule has 0 saturated heterocycles. The van der Waals surface area contributed by atoms with Gasteiger partial charge in [-0.05, 0) is 86.2 Å². The number of rotatable bonds is 13. The fourth-order valence-electron chi connectivity index (χ4n) is 5.89. The molecule has 0 radical (unpaired) electrons. The number of esters is 1. The zero-order chi connectivity index (χ0) is 37.0. The molecule has 0 spiro atoms. The predicted octanol–water partition coefficient (Wildman–Crippen LogP) is 8.13. The van der Waals surface area contributed by atoms with Crippen LogP contribution in [0.5, 0.6) is 11.5 Å². The SMILES string of the molecule is CCC(Sc1cccc(NC(=O)/C(=C\c2ccc(OC)cc2OC)NC(=O)c2ccccc2)c1)C(=O)Nc1sc2c(c1C(=O)OC)CCCCCC2. The maximum absolute atomic E-state index is 13.8. The molecule has 272 valence electrons. The Kier molecular flexibility index (Phi) is 13.5. The summed E-state index contributed by atoms with van der Waals surface area (Å²) in [6.45, 7) is 1.93. The van der Waals surface area contributed by atoms with Crippen molar-refractivity contribution in [3.05, 3.63) is 106 Å². The molecule has 1 unspecified atom stereocenters. The summed E-state index contributed by atoms with van der Waals surface area (Å²) in [5, 5.41) is 8.75. The second-order valence-electron chi connectivity index (χ2n) is 12.1. The van der Waals surface area contributed by atoms with E-state index in [9.17, 15) is 19.2 Å². The van der Waals surface area contributed by atoms with Crippen LogP contribution in [0.3, 0.4) is 0 Å². The number of carbonyl (C=O) groups excluding carboxylic acids is 4. The van der Waals surface area contributed by atoms with Crippen LogP contribution in [0.25, 0.3) is 6.08 Å². The van der Waals surface area contributed by atoms with E-state index in [0.717, 1.165) is 53.9 Å². The van der Waals surface area contributed by atoms with E-state index in [2.05, 4.69) is 16.0 Å². The van der Waals surface area contributed by atoms with E-state index in [0.29, 0.717) is 45.3 Å². The van der Waals surface area contributed by atoms with Crippen LogP contribution in [-0.4, -0.2) is 50.3 Å². The number of hydrogen-bond donors (Lipinski definition) is 3. The molecule has 0 aliphatic heterocycles. The fraction of sp³-hybridized carbons (Fsp3) is 0.300. The highest BCUT2D eigenvalue weighted by Gasteiger charge is 2.28. The molecule has 1 atom stereocenters. The Bertz CT molecular complexity index is 1940. The van der Waals surface area contributed by atoms with Crippen LogP contribution < -0.4 is 25.4 Å². The first-order chi connectivity index (χ1) is 25.2. The Morgan fingerprint density at radius 3 is 2.35 bits per heavy atom. The highest BCUT2D eigenvalue weighted by molar-refractivity contribution is 8.00. The Labute approximate surface area is 312 Å². The molecule has 4 aromatic rings. The number of anilines is 2. The summed E-state index contributed by atoms with van der Waals surface area (Å²) in [5.74, 6) is -0.638. The Balaban J connectivity index is 1.35. The number of ether oxygens (including phenoxy) is 3. The van der Waals surface area contributed by atoms with Crippen molar-refractivity contribution in [1.82, 2.24) is 5.32 Å². The Morgan fingerprint density at radius 1 is 0.865 bits per heavy atom. The summed E-state index contributed by atoms with van der Waals surface area (Å²) >= 11 is 2.83. The summed E-state index contributed by atoms with van der Waals surface area (Å²) in [6, 6.07) is 20.9. The minimum atomic E-state index is -0.558. The molecule has 5 rings (SSSR count). The van der Waals surface area contributed by atoms with Gasteiger partial charge in [-0.15, -0.1) is 23.1 Å². The lowest BCUT2D eigenvalue weighted by Crippen LogP contribution is -2.30. The molecule has 0 saturated carbocycles. The van der Waals surface area contributed by atoms with Gasteiger partial charge in [-0.3, -0.25) is 14.4 Å². The van der Waals surface area contributed by atoms with Gasteiger partial charge in [0.15, 0.2) is 0 Å². The Morgan fingerprint density at radius 2 is 1.63 bits per heavy atom. The first-order valence-electron chi connectivity index (χ1n) is 17.2. The van der Waals surface area contributed by atoms with Crippen molar-refractivity contribution in [1.29, 1.82) is 0 Å². The van der Waals surface area contributed by atoms with E-state index in [1.54, 1.807) is 79.9 Å². The van der Waals surface area contributed by atoms with Crippen LogP contribution in [-0.2, 0) is 27.2 Å². The molecule has 52 heavy (non-hydrogen) atoms. The van der Waals surface area contributed by atoms with Crippen LogP contribution in [0.1, 0.15) is 75.7 Å². The molecular weight excluding hydrogens is 699 g/mol. The van der Waals surface area contributed by atoms with Crippen molar-refractivity contribution in [2.24, 2.45) is 0 Å². The van der Waals surface area contributed by atoms with Gasteiger partial charge in [0.25, 0.3) is 11.8 Å². The van der Waals surface area contributed by atoms with E-state index in [1.165, 1.54) is 37.3 Å². The third-order valence-electron chi connectivity index (χ3n) is 8.60. The van der Waals surface area contributed by atoms with Crippen molar-refractivity contribution in [3.8, 4) is 11.5 Å². The minimum absolute atomic E-state index is 0.00681. The van der Waals surface area contributed by atoms with Gasteiger partial charge in [0.05, 0.1) is 32.1 Å². The average Bonchev–Trinajstić information content (AvgIpc) is 3.48. The zero-order valence-corrected chi connectivity index (χ0v) is 31.3. The lowest BCUT2D eigenvalue weighted by molar-refractivity contribution is -0.116. The van der Waals surface area contributed by atoms with Gasteiger partial charge in [-0.25, -0.2) is 4.79 Å². The van der Waals surface area contributed by atoms with Crippen molar-refractivity contribution in [3.63, 3.8) is 0 Å². The molecule has 0 fully saturated rings. The number of thioether (sulfide) groups is 1.